The van der Waals surface area contributed by atoms with Crippen LogP contribution in [0, 0.1) is 7.43 Å². The van der Waals surface area contributed by atoms with E-state index in [-0.39, 0.29) is 92.4 Å². The Balaban J connectivity index is 0. The normalized spacial score (nSPS) is 0. The molecular weight excluding hydrogens is 295 g/mol. The van der Waals surface area contributed by atoms with Gasteiger partial charge >= 0.3 is 0 Å². The van der Waals surface area contributed by atoms with Gasteiger partial charge in [0, 0.05) is 92.4 Å². The minimum atomic E-state index is 0. The standard InChI is InChI=1S/C.Cr.Fe.Mo.Si.V. The first-order chi connectivity index (χ1) is 0. The van der Waals surface area contributed by atoms with E-state index in [1.165, 1.54) is 0 Å². The van der Waals surface area contributed by atoms with Crippen LogP contribution in [0.5, 0.6) is 0 Å². The summed E-state index contributed by atoms with van der Waals surface area (Å²) in [6, 6.07) is 0. The molecule has 6 heavy (non-hydrogen) atoms. The Bertz CT molecular complexity index is 15.5. The molecule has 0 aliphatic rings. The molecular formula is CCrFeMoSiV. The van der Waals surface area contributed by atoms with Gasteiger partial charge in [0.2, 0.25) is 0 Å². The fraction of sp³-hybridized carbons (Fsp3) is 0. The van der Waals surface area contributed by atoms with E-state index in [2.05, 4.69) is 0 Å². The van der Waals surface area contributed by atoms with Gasteiger partial charge in [-0.2, -0.15) is 0 Å². The van der Waals surface area contributed by atoms with E-state index in [1.54, 1.807) is 0 Å². The van der Waals surface area contributed by atoms with Gasteiger partial charge in [-0.1, -0.05) is 0 Å². The fourth-order valence-corrected chi connectivity index (χ4v) is 0. The minimum Gasteiger partial charge on any atom is 0 e. The van der Waals surface area contributed by atoms with Crippen molar-refractivity contribution in [2.45, 2.75) is 0 Å². The topological polar surface area (TPSA) is 0 Å². The molecule has 0 saturated carbocycles. The summed E-state index contributed by atoms with van der Waals surface area (Å²) in [6.07, 6.45) is 0. The molecule has 0 aliphatic heterocycles. The molecule has 33 valence electrons. The molecule has 0 heterocycles. The van der Waals surface area contributed by atoms with Crippen LogP contribution in [0.25, 0.3) is 0 Å². The first-order valence-electron chi connectivity index (χ1n) is 0. The average molecular weight is 295 g/mol. The van der Waals surface area contributed by atoms with Crippen LogP contribution in [-0.4, -0.2) is 11.0 Å². The molecule has 5 heteroatoms. The van der Waals surface area contributed by atoms with Gasteiger partial charge < -0.3 is 0 Å². The average Bonchev–Trinajstić information content (AvgIpc) is 0. The van der Waals surface area contributed by atoms with Crippen molar-refractivity contribution in [2.75, 3.05) is 0 Å². The smallest absolute Gasteiger partial charge is 0 e. The van der Waals surface area contributed by atoms with E-state index in [9.17, 15) is 0 Å². The summed E-state index contributed by atoms with van der Waals surface area (Å²) >= 11 is 0. The summed E-state index contributed by atoms with van der Waals surface area (Å²) < 4.78 is 0. The quantitative estimate of drug-likeness (QED) is 0.538. The Morgan fingerprint density at radius 2 is 1.00 bits per heavy atom. The zero-order valence-electron chi connectivity index (χ0n) is 2.62. The van der Waals surface area contributed by atoms with Gasteiger partial charge in [-0.05, 0) is 0 Å². The van der Waals surface area contributed by atoms with Gasteiger partial charge in [0.25, 0.3) is 0 Å². The zero-order chi connectivity index (χ0) is 0. The van der Waals surface area contributed by atoms with E-state index in [0.717, 1.165) is 0 Å². The first kappa shape index (κ1) is 75.2. The second-order valence-electron chi connectivity index (χ2n) is 0. The van der Waals surface area contributed by atoms with Gasteiger partial charge in [0.15, 0.2) is 0 Å². The number of hydrogen-bond donors (Lipinski definition) is 0. The largest absolute Gasteiger partial charge is 0 e. The second-order valence-corrected chi connectivity index (χ2v) is 0. The molecule has 0 N–H and O–H groups in total. The Hall–Kier alpha value is 2.54. The Morgan fingerprint density at radius 3 is 1.00 bits per heavy atom. The first-order valence-corrected chi connectivity index (χ1v) is 0. The molecule has 0 atom stereocenters. The Morgan fingerprint density at radius 1 is 1.00 bits per heavy atom. The van der Waals surface area contributed by atoms with Gasteiger partial charge in [-0.15, -0.1) is 0 Å². The van der Waals surface area contributed by atoms with Crippen LogP contribution in [-0.2, 0) is 74.1 Å². The third-order valence-electron chi connectivity index (χ3n) is 0. The summed E-state index contributed by atoms with van der Waals surface area (Å²) in [6.45, 7) is 0. The molecule has 0 aromatic heterocycles. The van der Waals surface area contributed by atoms with Crippen molar-refractivity contribution in [2.24, 2.45) is 0 Å². The molecule has 0 amide bonds. The second kappa shape index (κ2) is 50.0. The molecule has 0 spiro atoms. The van der Waals surface area contributed by atoms with Crippen molar-refractivity contribution in [1.29, 1.82) is 0 Å². The monoisotopic (exact) mass is 297 g/mol. The summed E-state index contributed by atoms with van der Waals surface area (Å²) in [5.74, 6) is 0. The summed E-state index contributed by atoms with van der Waals surface area (Å²) in [5.41, 5.74) is 0. The molecule has 0 rings (SSSR count). The molecule has 9 radical (unpaired) electrons. The molecule has 0 aromatic carbocycles. The molecule has 0 saturated heterocycles. The van der Waals surface area contributed by atoms with Crippen LogP contribution in [0.15, 0.2) is 0 Å². The van der Waals surface area contributed by atoms with Crippen molar-refractivity contribution in [3.8, 4) is 0 Å². The van der Waals surface area contributed by atoms with Gasteiger partial charge in [-0.3, -0.25) is 0 Å². The van der Waals surface area contributed by atoms with Crippen molar-refractivity contribution < 1.29 is 74.1 Å². The van der Waals surface area contributed by atoms with Crippen molar-refractivity contribution in [1.82, 2.24) is 0 Å². The summed E-state index contributed by atoms with van der Waals surface area (Å²) in [7, 11) is 0. The van der Waals surface area contributed by atoms with Crippen LogP contribution < -0.4 is 0 Å². The number of hydrogen-bond acceptors (Lipinski definition) is 0. The van der Waals surface area contributed by atoms with Crippen LogP contribution in [0.2, 0.25) is 0 Å². The molecule has 0 aromatic rings. The fourth-order valence-electron chi connectivity index (χ4n) is 0. The zero-order valence-corrected chi connectivity index (χ0v) is 9.40. The van der Waals surface area contributed by atoms with E-state index in [1.807, 2.05) is 0 Å². The number of rotatable bonds is 0. The third-order valence-corrected chi connectivity index (χ3v) is 0. The van der Waals surface area contributed by atoms with Gasteiger partial charge in [0.1, 0.15) is 0 Å². The molecule has 0 bridgehead atoms. The minimum absolute atomic E-state index is 0. The maximum Gasteiger partial charge on any atom is 0 e. The van der Waals surface area contributed by atoms with Crippen molar-refractivity contribution >= 4 is 11.0 Å². The molecule has 0 nitrogen and oxygen atoms in total. The predicted octanol–water partition coefficient (Wildman–Crippen LogP) is -0.310. The van der Waals surface area contributed by atoms with Crippen LogP contribution in [0.1, 0.15) is 0 Å². The third kappa shape index (κ3) is 31.1. The van der Waals surface area contributed by atoms with Gasteiger partial charge in [-0.25, -0.2) is 0 Å². The van der Waals surface area contributed by atoms with Crippen LogP contribution in [0.4, 0.5) is 0 Å². The summed E-state index contributed by atoms with van der Waals surface area (Å²) in [4.78, 5) is 0. The Kier molecular flexibility index (Phi) is 626. The van der Waals surface area contributed by atoms with E-state index >= 15 is 0 Å². The van der Waals surface area contributed by atoms with Crippen LogP contribution in [0.3, 0.4) is 0 Å². The van der Waals surface area contributed by atoms with Gasteiger partial charge in [0.05, 0.1) is 0 Å². The maximum absolute atomic E-state index is 0. The van der Waals surface area contributed by atoms with E-state index in [0.29, 0.717) is 0 Å². The SMILES string of the molecule is [C].[Cr].[Fe].[Mo].[Si].[V]. The molecule has 0 unspecified atom stereocenters. The van der Waals surface area contributed by atoms with Crippen molar-refractivity contribution in [3.05, 3.63) is 7.43 Å². The molecule has 0 fully saturated rings. The predicted molar refractivity (Wildman–Crippen MR) is 9.00 cm³/mol. The van der Waals surface area contributed by atoms with Crippen molar-refractivity contribution in [3.63, 3.8) is 0 Å². The summed E-state index contributed by atoms with van der Waals surface area (Å²) in [5, 5.41) is 0. The Labute approximate surface area is 91.4 Å². The maximum atomic E-state index is 0. The van der Waals surface area contributed by atoms with E-state index in [4.69, 9.17) is 0 Å². The molecule has 0 aliphatic carbocycles. The van der Waals surface area contributed by atoms with E-state index < -0.39 is 0 Å². The van der Waals surface area contributed by atoms with Crippen LogP contribution >= 0.6 is 0 Å².